The number of phenolic OH excluding ortho intramolecular Hbond substituents is 1. The summed E-state index contributed by atoms with van der Waals surface area (Å²) in [5.74, 6) is -0.109. The lowest BCUT2D eigenvalue weighted by atomic mass is 10.2. The van der Waals surface area contributed by atoms with Gasteiger partial charge >= 0.3 is 0 Å². The van der Waals surface area contributed by atoms with Gasteiger partial charge in [-0.05, 0) is 24.3 Å². The summed E-state index contributed by atoms with van der Waals surface area (Å²) in [7, 11) is 0. The number of hydrogen-bond acceptors (Lipinski definition) is 5. The SMILES string of the molecule is O=C(Nc1nccnn1)c1ccc(O)cc1. The predicted octanol–water partition coefficient (Wildman–Crippen LogP) is 0.829. The van der Waals surface area contributed by atoms with Crippen LogP contribution in [0.25, 0.3) is 0 Å². The van der Waals surface area contributed by atoms with E-state index in [0.717, 1.165) is 0 Å². The molecule has 0 unspecified atom stereocenters. The maximum absolute atomic E-state index is 11.6. The van der Waals surface area contributed by atoms with Gasteiger partial charge in [-0.1, -0.05) is 0 Å². The number of amides is 1. The highest BCUT2D eigenvalue weighted by atomic mass is 16.3. The molecule has 1 amide bonds. The fraction of sp³-hybridized carbons (Fsp3) is 0. The third kappa shape index (κ3) is 2.30. The van der Waals surface area contributed by atoms with Gasteiger partial charge < -0.3 is 5.11 Å². The van der Waals surface area contributed by atoms with Crippen LogP contribution in [0.3, 0.4) is 0 Å². The Kier molecular flexibility index (Phi) is 2.73. The molecule has 0 fully saturated rings. The molecule has 0 saturated carbocycles. The third-order valence-corrected chi connectivity index (χ3v) is 1.84. The average Bonchev–Trinajstić information content (AvgIpc) is 2.31. The lowest BCUT2D eigenvalue weighted by Crippen LogP contribution is -2.14. The molecule has 0 aliphatic rings. The molecular formula is C10H8N4O2. The molecule has 1 heterocycles. The van der Waals surface area contributed by atoms with E-state index in [2.05, 4.69) is 20.5 Å². The van der Waals surface area contributed by atoms with E-state index in [-0.39, 0.29) is 17.6 Å². The van der Waals surface area contributed by atoms with Gasteiger partial charge in [-0.3, -0.25) is 10.1 Å². The summed E-state index contributed by atoms with van der Waals surface area (Å²) >= 11 is 0. The molecule has 0 radical (unpaired) electrons. The van der Waals surface area contributed by atoms with E-state index in [0.29, 0.717) is 5.56 Å². The van der Waals surface area contributed by atoms with Crippen LogP contribution in [0, 0.1) is 0 Å². The Morgan fingerprint density at radius 1 is 1.19 bits per heavy atom. The number of benzene rings is 1. The third-order valence-electron chi connectivity index (χ3n) is 1.84. The zero-order valence-electron chi connectivity index (χ0n) is 8.16. The van der Waals surface area contributed by atoms with Crippen LogP contribution in [0.5, 0.6) is 5.75 Å². The fourth-order valence-electron chi connectivity index (χ4n) is 1.09. The summed E-state index contributed by atoms with van der Waals surface area (Å²) in [6.07, 6.45) is 2.84. The average molecular weight is 216 g/mol. The minimum absolute atomic E-state index is 0.106. The number of nitrogens with zero attached hydrogens (tertiary/aromatic N) is 3. The Bertz CT molecular complexity index is 484. The first-order chi connectivity index (χ1) is 7.75. The van der Waals surface area contributed by atoms with Crippen LogP contribution in [0.2, 0.25) is 0 Å². The van der Waals surface area contributed by atoms with Crippen LogP contribution in [-0.4, -0.2) is 26.2 Å². The van der Waals surface area contributed by atoms with Crippen molar-refractivity contribution >= 4 is 11.9 Å². The van der Waals surface area contributed by atoms with Gasteiger partial charge in [0, 0.05) is 5.56 Å². The van der Waals surface area contributed by atoms with Crippen molar-refractivity contribution in [3.8, 4) is 5.75 Å². The van der Waals surface area contributed by atoms with Crippen LogP contribution < -0.4 is 5.32 Å². The molecule has 0 atom stereocenters. The first-order valence-electron chi connectivity index (χ1n) is 4.50. The number of phenols is 1. The molecule has 0 aliphatic carbocycles. The Labute approximate surface area is 91.0 Å². The van der Waals surface area contributed by atoms with E-state index in [4.69, 9.17) is 5.11 Å². The first-order valence-corrected chi connectivity index (χ1v) is 4.50. The number of rotatable bonds is 2. The van der Waals surface area contributed by atoms with Crippen molar-refractivity contribution in [3.63, 3.8) is 0 Å². The van der Waals surface area contributed by atoms with Gasteiger partial charge in [0.2, 0.25) is 5.95 Å². The van der Waals surface area contributed by atoms with E-state index in [1.165, 1.54) is 36.7 Å². The molecule has 1 aromatic heterocycles. The molecule has 0 aliphatic heterocycles. The summed E-state index contributed by atoms with van der Waals surface area (Å²) in [6.45, 7) is 0. The van der Waals surface area contributed by atoms with Gasteiger partial charge in [0.15, 0.2) is 0 Å². The van der Waals surface area contributed by atoms with Gasteiger partial charge in [0.05, 0.1) is 12.4 Å². The molecule has 16 heavy (non-hydrogen) atoms. The minimum Gasteiger partial charge on any atom is -0.508 e. The van der Waals surface area contributed by atoms with E-state index >= 15 is 0 Å². The second-order valence-electron chi connectivity index (χ2n) is 2.97. The smallest absolute Gasteiger partial charge is 0.258 e. The Morgan fingerprint density at radius 3 is 2.56 bits per heavy atom. The van der Waals surface area contributed by atoms with Crippen molar-refractivity contribution in [1.29, 1.82) is 0 Å². The second kappa shape index (κ2) is 4.35. The van der Waals surface area contributed by atoms with Crippen molar-refractivity contribution in [2.45, 2.75) is 0 Å². The number of carbonyl (C=O) groups excluding carboxylic acids is 1. The highest BCUT2D eigenvalue weighted by Crippen LogP contribution is 2.10. The maximum atomic E-state index is 11.6. The molecule has 0 saturated heterocycles. The molecule has 80 valence electrons. The van der Waals surface area contributed by atoms with Gasteiger partial charge in [-0.2, -0.15) is 5.10 Å². The standard InChI is InChI=1S/C10H8N4O2/c15-8-3-1-7(2-4-8)9(16)13-10-11-5-6-12-14-10/h1-6,15H,(H,11,13,14,16). The monoisotopic (exact) mass is 216 g/mol. The molecular weight excluding hydrogens is 208 g/mol. The van der Waals surface area contributed by atoms with Crippen LogP contribution >= 0.6 is 0 Å². The van der Waals surface area contributed by atoms with Crippen LogP contribution in [-0.2, 0) is 0 Å². The number of nitrogens with one attached hydrogen (secondary N) is 1. The largest absolute Gasteiger partial charge is 0.508 e. The minimum atomic E-state index is -0.354. The molecule has 0 spiro atoms. The molecule has 6 heteroatoms. The van der Waals surface area contributed by atoms with E-state index in [1.54, 1.807) is 0 Å². The van der Waals surface area contributed by atoms with Crippen LogP contribution in [0.1, 0.15) is 10.4 Å². The topological polar surface area (TPSA) is 88.0 Å². The molecule has 1 aromatic carbocycles. The molecule has 2 rings (SSSR count). The molecule has 0 bridgehead atoms. The lowest BCUT2D eigenvalue weighted by Gasteiger charge is -2.02. The summed E-state index contributed by atoms with van der Waals surface area (Å²) in [5.41, 5.74) is 0.408. The quantitative estimate of drug-likeness (QED) is 0.776. The van der Waals surface area contributed by atoms with Gasteiger partial charge in [0.25, 0.3) is 5.91 Å². The highest BCUT2D eigenvalue weighted by molar-refractivity contribution is 6.03. The van der Waals surface area contributed by atoms with Crippen LogP contribution in [0.15, 0.2) is 36.7 Å². The number of hydrogen-bond donors (Lipinski definition) is 2. The Hall–Kier alpha value is -2.50. The normalized spacial score (nSPS) is 9.75. The van der Waals surface area contributed by atoms with Gasteiger partial charge in [-0.15, -0.1) is 5.10 Å². The molecule has 6 nitrogen and oxygen atoms in total. The second-order valence-corrected chi connectivity index (χ2v) is 2.97. The number of anilines is 1. The van der Waals surface area contributed by atoms with Crippen LogP contribution in [0.4, 0.5) is 5.95 Å². The first kappa shape index (κ1) is 10.0. The van der Waals surface area contributed by atoms with E-state index in [1.807, 2.05) is 0 Å². The predicted molar refractivity (Wildman–Crippen MR) is 55.9 cm³/mol. The van der Waals surface area contributed by atoms with E-state index < -0.39 is 0 Å². The maximum Gasteiger partial charge on any atom is 0.258 e. The summed E-state index contributed by atoms with van der Waals surface area (Å²) in [6, 6.07) is 5.86. The Balaban J connectivity index is 2.12. The zero-order valence-corrected chi connectivity index (χ0v) is 8.16. The lowest BCUT2D eigenvalue weighted by molar-refractivity contribution is 0.102. The molecule has 2 aromatic rings. The fourth-order valence-corrected chi connectivity index (χ4v) is 1.09. The highest BCUT2D eigenvalue weighted by Gasteiger charge is 2.06. The van der Waals surface area contributed by atoms with Crippen molar-refractivity contribution in [2.75, 3.05) is 5.32 Å². The van der Waals surface area contributed by atoms with Gasteiger partial charge in [-0.25, -0.2) is 4.98 Å². The van der Waals surface area contributed by atoms with Crippen molar-refractivity contribution in [2.24, 2.45) is 0 Å². The zero-order chi connectivity index (χ0) is 11.4. The van der Waals surface area contributed by atoms with E-state index in [9.17, 15) is 4.79 Å². The number of carbonyl (C=O) groups is 1. The number of aromatic hydroxyl groups is 1. The summed E-state index contributed by atoms with van der Waals surface area (Å²) in [5, 5.41) is 18.7. The van der Waals surface area contributed by atoms with Crippen molar-refractivity contribution < 1.29 is 9.90 Å². The van der Waals surface area contributed by atoms with Crippen molar-refractivity contribution in [1.82, 2.24) is 15.2 Å². The van der Waals surface area contributed by atoms with Gasteiger partial charge in [0.1, 0.15) is 5.75 Å². The summed E-state index contributed by atoms with van der Waals surface area (Å²) < 4.78 is 0. The van der Waals surface area contributed by atoms with Crippen molar-refractivity contribution in [3.05, 3.63) is 42.2 Å². The Morgan fingerprint density at radius 2 is 1.94 bits per heavy atom. The number of aromatic nitrogens is 3. The molecule has 2 N–H and O–H groups in total. The summed E-state index contributed by atoms with van der Waals surface area (Å²) in [4.78, 5) is 15.4.